The highest BCUT2D eigenvalue weighted by Crippen LogP contribution is 1.82. The quantitative estimate of drug-likeness (QED) is 0.556. The van der Waals surface area contributed by atoms with Crippen molar-refractivity contribution in [3.63, 3.8) is 0 Å². The molecule has 0 saturated carbocycles. The Balaban J connectivity index is 2.30. The summed E-state index contributed by atoms with van der Waals surface area (Å²) >= 11 is 0. The zero-order valence-corrected chi connectivity index (χ0v) is 4.99. The van der Waals surface area contributed by atoms with E-state index >= 15 is 0 Å². The van der Waals surface area contributed by atoms with Crippen LogP contribution in [0.3, 0.4) is 0 Å². The summed E-state index contributed by atoms with van der Waals surface area (Å²) in [6.07, 6.45) is 5.26. The fourth-order valence-electron chi connectivity index (χ4n) is 0.598. The van der Waals surface area contributed by atoms with Gasteiger partial charge in [-0.25, -0.2) is 10.5 Å². The standard InChI is InChI=1S/C5H9N3O/c9-7-2-4-8-3-1-6-5-8/h1,3,5,7,9H,2,4H2. The van der Waals surface area contributed by atoms with Gasteiger partial charge in [0.05, 0.1) is 6.33 Å². The molecule has 9 heavy (non-hydrogen) atoms. The fraction of sp³-hybridized carbons (Fsp3) is 0.400. The van der Waals surface area contributed by atoms with Crippen molar-refractivity contribution in [2.45, 2.75) is 6.54 Å². The number of hydrogen-bond donors (Lipinski definition) is 2. The van der Waals surface area contributed by atoms with Gasteiger partial charge in [0, 0.05) is 25.5 Å². The summed E-state index contributed by atoms with van der Waals surface area (Å²) in [5.74, 6) is 0. The van der Waals surface area contributed by atoms with Crippen molar-refractivity contribution >= 4 is 0 Å². The predicted molar refractivity (Wildman–Crippen MR) is 32.0 cm³/mol. The van der Waals surface area contributed by atoms with Crippen LogP contribution in [0.5, 0.6) is 0 Å². The van der Waals surface area contributed by atoms with Crippen LogP contribution in [0, 0.1) is 0 Å². The number of hydrogen-bond acceptors (Lipinski definition) is 3. The molecule has 0 unspecified atom stereocenters. The Bertz CT molecular complexity index is 149. The van der Waals surface area contributed by atoms with E-state index in [1.54, 1.807) is 12.5 Å². The van der Waals surface area contributed by atoms with Crippen LogP contribution < -0.4 is 5.48 Å². The van der Waals surface area contributed by atoms with Gasteiger partial charge in [0.25, 0.3) is 0 Å². The van der Waals surface area contributed by atoms with E-state index in [1.807, 2.05) is 10.8 Å². The molecule has 0 fully saturated rings. The van der Waals surface area contributed by atoms with Crippen molar-refractivity contribution in [2.24, 2.45) is 0 Å². The molecule has 0 aliphatic heterocycles. The first kappa shape index (κ1) is 6.25. The van der Waals surface area contributed by atoms with Crippen molar-refractivity contribution in [3.05, 3.63) is 18.7 Å². The summed E-state index contributed by atoms with van der Waals surface area (Å²) in [4.78, 5) is 3.83. The summed E-state index contributed by atoms with van der Waals surface area (Å²) in [5, 5.41) is 8.18. The highest BCUT2D eigenvalue weighted by atomic mass is 16.5. The summed E-state index contributed by atoms with van der Waals surface area (Å²) in [7, 11) is 0. The topological polar surface area (TPSA) is 50.1 Å². The van der Waals surface area contributed by atoms with Crippen LogP contribution in [-0.2, 0) is 6.54 Å². The molecular formula is C5H9N3O. The highest BCUT2D eigenvalue weighted by molar-refractivity contribution is 4.73. The van der Waals surface area contributed by atoms with Crippen molar-refractivity contribution in [1.29, 1.82) is 0 Å². The van der Waals surface area contributed by atoms with E-state index in [1.165, 1.54) is 0 Å². The minimum atomic E-state index is 0.552. The van der Waals surface area contributed by atoms with Gasteiger partial charge < -0.3 is 9.77 Å². The van der Waals surface area contributed by atoms with E-state index < -0.39 is 0 Å². The lowest BCUT2D eigenvalue weighted by Crippen LogP contribution is -2.14. The lowest BCUT2D eigenvalue weighted by atomic mass is 10.6. The molecule has 0 amide bonds. The first-order valence-electron chi connectivity index (χ1n) is 2.76. The van der Waals surface area contributed by atoms with Crippen LogP contribution in [-0.4, -0.2) is 21.3 Å². The molecule has 1 heterocycles. The van der Waals surface area contributed by atoms with Crippen LogP contribution in [0.15, 0.2) is 18.7 Å². The maximum atomic E-state index is 8.18. The Morgan fingerprint density at radius 3 is 3.11 bits per heavy atom. The second-order valence-electron chi connectivity index (χ2n) is 1.71. The molecule has 2 N–H and O–H groups in total. The third-order valence-electron chi connectivity index (χ3n) is 1.04. The Labute approximate surface area is 53.1 Å². The minimum absolute atomic E-state index is 0.552. The average Bonchev–Trinajstić information content (AvgIpc) is 2.34. The molecule has 0 spiro atoms. The summed E-state index contributed by atoms with van der Waals surface area (Å²) < 4.78 is 1.88. The minimum Gasteiger partial charge on any atom is -0.336 e. The van der Waals surface area contributed by atoms with Gasteiger partial charge >= 0.3 is 0 Å². The highest BCUT2D eigenvalue weighted by Gasteiger charge is 1.85. The molecular weight excluding hydrogens is 118 g/mol. The van der Waals surface area contributed by atoms with E-state index in [9.17, 15) is 0 Å². The number of imidazole rings is 1. The molecule has 0 radical (unpaired) electrons. The van der Waals surface area contributed by atoms with E-state index in [2.05, 4.69) is 10.5 Å². The van der Waals surface area contributed by atoms with Crippen LogP contribution >= 0.6 is 0 Å². The fourth-order valence-corrected chi connectivity index (χ4v) is 0.598. The number of rotatable bonds is 3. The van der Waals surface area contributed by atoms with Gasteiger partial charge in [-0.1, -0.05) is 0 Å². The number of aromatic nitrogens is 2. The lowest BCUT2D eigenvalue weighted by Gasteiger charge is -1.97. The van der Waals surface area contributed by atoms with Gasteiger partial charge in [-0.15, -0.1) is 0 Å². The smallest absolute Gasteiger partial charge is 0.0946 e. The number of nitrogens with one attached hydrogen (secondary N) is 1. The van der Waals surface area contributed by atoms with Crippen LogP contribution in [0.25, 0.3) is 0 Å². The molecule has 1 aromatic rings. The van der Waals surface area contributed by atoms with E-state index in [-0.39, 0.29) is 0 Å². The molecule has 4 nitrogen and oxygen atoms in total. The Hall–Kier alpha value is -0.870. The van der Waals surface area contributed by atoms with Crippen molar-refractivity contribution < 1.29 is 5.21 Å². The molecule has 1 rings (SSSR count). The van der Waals surface area contributed by atoms with Crippen LogP contribution in [0.4, 0.5) is 0 Å². The molecule has 50 valence electrons. The zero-order chi connectivity index (χ0) is 6.53. The Morgan fingerprint density at radius 2 is 2.56 bits per heavy atom. The van der Waals surface area contributed by atoms with Gasteiger partial charge in [0.2, 0.25) is 0 Å². The summed E-state index contributed by atoms with van der Waals surface area (Å²) in [6, 6.07) is 0. The second kappa shape index (κ2) is 3.21. The van der Waals surface area contributed by atoms with Gasteiger partial charge in [-0.2, -0.15) is 0 Å². The van der Waals surface area contributed by atoms with Gasteiger partial charge in [-0.05, 0) is 0 Å². The van der Waals surface area contributed by atoms with Gasteiger partial charge in [0.1, 0.15) is 0 Å². The zero-order valence-electron chi connectivity index (χ0n) is 4.99. The van der Waals surface area contributed by atoms with Crippen LogP contribution in [0.1, 0.15) is 0 Å². The first-order chi connectivity index (χ1) is 4.43. The van der Waals surface area contributed by atoms with E-state index in [4.69, 9.17) is 5.21 Å². The normalized spacial score (nSPS) is 9.89. The first-order valence-corrected chi connectivity index (χ1v) is 2.76. The average molecular weight is 127 g/mol. The Kier molecular flexibility index (Phi) is 2.23. The summed E-state index contributed by atoms with van der Waals surface area (Å²) in [5.41, 5.74) is 2.06. The molecule has 1 aromatic heterocycles. The number of nitrogens with zero attached hydrogens (tertiary/aromatic N) is 2. The van der Waals surface area contributed by atoms with E-state index in [0.717, 1.165) is 6.54 Å². The predicted octanol–water partition coefficient (Wildman–Crippen LogP) is -0.138. The number of hydroxylamine groups is 1. The van der Waals surface area contributed by atoms with Crippen molar-refractivity contribution in [3.8, 4) is 0 Å². The molecule has 0 aliphatic carbocycles. The van der Waals surface area contributed by atoms with E-state index in [0.29, 0.717) is 6.54 Å². The summed E-state index contributed by atoms with van der Waals surface area (Å²) in [6.45, 7) is 1.30. The SMILES string of the molecule is ONCCn1ccnc1. The molecule has 0 aromatic carbocycles. The Morgan fingerprint density at radius 1 is 1.67 bits per heavy atom. The van der Waals surface area contributed by atoms with Gasteiger partial charge in [-0.3, -0.25) is 0 Å². The monoisotopic (exact) mass is 127 g/mol. The maximum Gasteiger partial charge on any atom is 0.0946 e. The second-order valence-corrected chi connectivity index (χ2v) is 1.71. The van der Waals surface area contributed by atoms with Crippen LogP contribution in [0.2, 0.25) is 0 Å². The van der Waals surface area contributed by atoms with Crippen molar-refractivity contribution in [2.75, 3.05) is 6.54 Å². The third kappa shape index (κ3) is 1.83. The molecule has 4 heteroatoms. The molecule has 0 saturated heterocycles. The third-order valence-corrected chi connectivity index (χ3v) is 1.04. The molecule has 0 bridgehead atoms. The van der Waals surface area contributed by atoms with Gasteiger partial charge in [0.15, 0.2) is 0 Å². The largest absolute Gasteiger partial charge is 0.336 e. The lowest BCUT2D eigenvalue weighted by molar-refractivity contribution is 0.163. The molecule has 0 aliphatic rings. The maximum absolute atomic E-state index is 8.18. The van der Waals surface area contributed by atoms with Crippen molar-refractivity contribution in [1.82, 2.24) is 15.0 Å². The molecule has 0 atom stereocenters.